The molecule has 0 amide bonds. The van der Waals surface area contributed by atoms with Crippen molar-refractivity contribution in [3.05, 3.63) is 18.0 Å². The summed E-state index contributed by atoms with van der Waals surface area (Å²) in [7, 11) is 0. The van der Waals surface area contributed by atoms with Gasteiger partial charge in [0.2, 0.25) is 0 Å². The van der Waals surface area contributed by atoms with E-state index in [0.717, 1.165) is 19.4 Å². The van der Waals surface area contributed by atoms with Crippen molar-refractivity contribution >= 4 is 5.97 Å². The summed E-state index contributed by atoms with van der Waals surface area (Å²) in [5.41, 5.74) is -0.374. The summed E-state index contributed by atoms with van der Waals surface area (Å²) in [6.45, 7) is 2.83. The van der Waals surface area contributed by atoms with Crippen LogP contribution in [0.25, 0.3) is 0 Å². The molecular formula is C12H18N2O3. The van der Waals surface area contributed by atoms with Crippen LogP contribution in [0.1, 0.15) is 44.3 Å². The largest absolute Gasteiger partial charge is 0.481 e. The number of hydrogen-bond acceptors (Lipinski definition) is 3. The zero-order valence-electron chi connectivity index (χ0n) is 9.96. The highest BCUT2D eigenvalue weighted by Gasteiger charge is 2.51. The van der Waals surface area contributed by atoms with Crippen LogP contribution in [0.4, 0.5) is 0 Å². The molecule has 2 N–H and O–H groups in total. The zero-order chi connectivity index (χ0) is 12.5. The van der Waals surface area contributed by atoms with Crippen molar-refractivity contribution < 1.29 is 15.0 Å². The zero-order valence-corrected chi connectivity index (χ0v) is 9.96. The number of aliphatic carboxylic acids is 1. The monoisotopic (exact) mass is 238 g/mol. The van der Waals surface area contributed by atoms with Crippen LogP contribution in [0.3, 0.4) is 0 Å². The number of rotatable bonds is 5. The number of aromatic nitrogens is 2. The van der Waals surface area contributed by atoms with Gasteiger partial charge in [0.15, 0.2) is 0 Å². The van der Waals surface area contributed by atoms with E-state index in [-0.39, 0.29) is 0 Å². The fourth-order valence-corrected chi connectivity index (χ4v) is 2.35. The quantitative estimate of drug-likeness (QED) is 0.816. The van der Waals surface area contributed by atoms with E-state index in [1.54, 1.807) is 17.1 Å². The maximum atomic E-state index is 11.3. The Hall–Kier alpha value is -1.36. The second kappa shape index (κ2) is 4.49. The second-order valence-corrected chi connectivity index (χ2v) is 4.75. The number of aryl methyl sites for hydroxylation is 1. The molecule has 94 valence electrons. The maximum absolute atomic E-state index is 11.3. The number of carbonyl (C=O) groups is 1. The van der Waals surface area contributed by atoms with Gasteiger partial charge in [-0.15, -0.1) is 0 Å². The SMILES string of the molecule is CCCn1cc([C@H](O)C2(C(=O)O)CCC2)cn1. The molecule has 1 aliphatic rings. The molecule has 1 aromatic rings. The molecule has 0 aromatic carbocycles. The number of aliphatic hydroxyl groups excluding tert-OH is 1. The van der Waals surface area contributed by atoms with Crippen LogP contribution in [0.2, 0.25) is 0 Å². The van der Waals surface area contributed by atoms with E-state index >= 15 is 0 Å². The molecule has 1 atom stereocenters. The third kappa shape index (κ3) is 1.95. The lowest BCUT2D eigenvalue weighted by Gasteiger charge is -2.41. The molecular weight excluding hydrogens is 220 g/mol. The molecule has 1 aromatic heterocycles. The number of carboxylic acid groups (broad SMARTS) is 1. The Morgan fingerprint density at radius 1 is 1.65 bits per heavy atom. The molecule has 0 spiro atoms. The van der Waals surface area contributed by atoms with Gasteiger partial charge in [-0.1, -0.05) is 13.3 Å². The van der Waals surface area contributed by atoms with E-state index in [9.17, 15) is 15.0 Å². The maximum Gasteiger partial charge on any atom is 0.312 e. The third-order valence-electron chi connectivity index (χ3n) is 3.62. The number of nitrogens with zero attached hydrogens (tertiary/aromatic N) is 2. The van der Waals surface area contributed by atoms with Crippen molar-refractivity contribution in [1.82, 2.24) is 9.78 Å². The van der Waals surface area contributed by atoms with E-state index in [4.69, 9.17) is 0 Å². The van der Waals surface area contributed by atoms with Crippen molar-refractivity contribution in [3.8, 4) is 0 Å². The van der Waals surface area contributed by atoms with Gasteiger partial charge in [-0.05, 0) is 19.3 Å². The van der Waals surface area contributed by atoms with Crippen molar-refractivity contribution in [2.75, 3.05) is 0 Å². The minimum absolute atomic E-state index is 0.544. The molecule has 0 saturated heterocycles. The smallest absolute Gasteiger partial charge is 0.312 e. The van der Waals surface area contributed by atoms with Crippen LogP contribution < -0.4 is 0 Å². The first kappa shape index (κ1) is 12.1. The Kier molecular flexibility index (Phi) is 3.19. The lowest BCUT2D eigenvalue weighted by atomic mass is 9.64. The van der Waals surface area contributed by atoms with Gasteiger partial charge in [0.1, 0.15) is 0 Å². The molecule has 5 heteroatoms. The van der Waals surface area contributed by atoms with E-state index in [1.165, 1.54) is 0 Å². The molecule has 2 rings (SSSR count). The molecule has 0 bridgehead atoms. The van der Waals surface area contributed by atoms with Gasteiger partial charge in [0, 0.05) is 18.3 Å². The van der Waals surface area contributed by atoms with Crippen LogP contribution in [0.5, 0.6) is 0 Å². The van der Waals surface area contributed by atoms with Crippen LogP contribution >= 0.6 is 0 Å². The summed E-state index contributed by atoms with van der Waals surface area (Å²) in [6.07, 6.45) is 5.29. The first-order valence-corrected chi connectivity index (χ1v) is 6.04. The van der Waals surface area contributed by atoms with Crippen LogP contribution in [0, 0.1) is 5.41 Å². The topological polar surface area (TPSA) is 75.4 Å². The molecule has 1 saturated carbocycles. The van der Waals surface area contributed by atoms with Gasteiger partial charge >= 0.3 is 5.97 Å². The molecule has 17 heavy (non-hydrogen) atoms. The fourth-order valence-electron chi connectivity index (χ4n) is 2.35. The van der Waals surface area contributed by atoms with Gasteiger partial charge in [-0.3, -0.25) is 9.48 Å². The van der Waals surface area contributed by atoms with Crippen LogP contribution in [-0.4, -0.2) is 26.0 Å². The van der Waals surface area contributed by atoms with Gasteiger partial charge in [0.25, 0.3) is 0 Å². The molecule has 0 radical (unpaired) electrons. The predicted molar refractivity (Wildman–Crippen MR) is 61.4 cm³/mol. The average molecular weight is 238 g/mol. The Balaban J connectivity index is 2.17. The minimum Gasteiger partial charge on any atom is -0.481 e. The standard InChI is InChI=1S/C12H18N2O3/c1-2-6-14-8-9(7-13-14)10(15)12(11(16)17)4-3-5-12/h7-8,10,15H,2-6H2,1H3,(H,16,17)/t10-/m0/s1. The highest BCUT2D eigenvalue weighted by molar-refractivity contribution is 5.76. The predicted octanol–water partition coefficient (Wildman–Crippen LogP) is 1.58. The molecule has 1 fully saturated rings. The molecule has 1 heterocycles. The highest BCUT2D eigenvalue weighted by Crippen LogP contribution is 2.50. The summed E-state index contributed by atoms with van der Waals surface area (Å²) in [5, 5.41) is 23.6. The van der Waals surface area contributed by atoms with Crippen LogP contribution in [-0.2, 0) is 11.3 Å². The van der Waals surface area contributed by atoms with Crippen molar-refractivity contribution in [3.63, 3.8) is 0 Å². The van der Waals surface area contributed by atoms with Crippen molar-refractivity contribution in [2.24, 2.45) is 5.41 Å². The Labute approximate surface area is 100 Å². The van der Waals surface area contributed by atoms with Crippen LogP contribution in [0.15, 0.2) is 12.4 Å². The summed E-state index contributed by atoms with van der Waals surface area (Å²) >= 11 is 0. The minimum atomic E-state index is -0.986. The fraction of sp³-hybridized carbons (Fsp3) is 0.667. The lowest BCUT2D eigenvalue weighted by Crippen LogP contribution is -2.43. The second-order valence-electron chi connectivity index (χ2n) is 4.75. The summed E-state index contributed by atoms with van der Waals surface area (Å²) in [6, 6.07) is 0. The van der Waals surface area contributed by atoms with Crippen molar-refractivity contribution in [1.29, 1.82) is 0 Å². The van der Waals surface area contributed by atoms with Gasteiger partial charge in [0.05, 0.1) is 17.7 Å². The molecule has 0 unspecified atom stereocenters. The van der Waals surface area contributed by atoms with E-state index in [1.807, 2.05) is 6.92 Å². The Morgan fingerprint density at radius 2 is 2.35 bits per heavy atom. The summed E-state index contributed by atoms with van der Waals surface area (Å²) < 4.78 is 1.74. The molecule has 0 aliphatic heterocycles. The number of aliphatic hydroxyl groups is 1. The normalized spacial score (nSPS) is 19.6. The van der Waals surface area contributed by atoms with E-state index in [0.29, 0.717) is 18.4 Å². The Morgan fingerprint density at radius 3 is 2.82 bits per heavy atom. The third-order valence-corrected chi connectivity index (χ3v) is 3.62. The van der Waals surface area contributed by atoms with Gasteiger partial charge in [-0.25, -0.2) is 0 Å². The van der Waals surface area contributed by atoms with Gasteiger partial charge < -0.3 is 10.2 Å². The number of carboxylic acids is 1. The van der Waals surface area contributed by atoms with E-state index in [2.05, 4.69) is 5.10 Å². The van der Waals surface area contributed by atoms with E-state index < -0.39 is 17.5 Å². The number of hydrogen-bond donors (Lipinski definition) is 2. The summed E-state index contributed by atoms with van der Waals surface area (Å²) in [5.74, 6) is -0.903. The average Bonchev–Trinajstić information content (AvgIpc) is 2.64. The highest BCUT2D eigenvalue weighted by atomic mass is 16.4. The Bertz CT molecular complexity index is 410. The first-order chi connectivity index (χ1) is 8.10. The molecule has 1 aliphatic carbocycles. The summed E-state index contributed by atoms with van der Waals surface area (Å²) in [4.78, 5) is 11.3. The van der Waals surface area contributed by atoms with Crippen molar-refractivity contribution in [2.45, 2.75) is 45.3 Å². The lowest BCUT2D eigenvalue weighted by molar-refractivity contribution is -0.166. The van der Waals surface area contributed by atoms with Gasteiger partial charge in [-0.2, -0.15) is 5.10 Å². The molecule has 5 nitrogen and oxygen atoms in total. The first-order valence-electron chi connectivity index (χ1n) is 6.04.